The molecule has 0 bridgehead atoms. The minimum atomic E-state index is -1.06. The van der Waals surface area contributed by atoms with Crippen molar-refractivity contribution in [3.63, 3.8) is 0 Å². The monoisotopic (exact) mass is 255 g/mol. The number of benzene rings is 1. The third-order valence-electron chi connectivity index (χ3n) is 1.93. The normalized spacial score (nSPS) is 11.8. The molecule has 0 aliphatic carbocycles. The lowest BCUT2D eigenvalue weighted by Crippen LogP contribution is -2.41. The zero-order valence-electron chi connectivity index (χ0n) is 9.21. The standard InChI is InChI=1S/C11H13NO4S/c1-7(13)12-10(11(15)16)6-17-9-4-2-8(14)3-5-9/h2-5,10,14H,6H2,1H3,(H,12,13)(H,15,16). The summed E-state index contributed by atoms with van der Waals surface area (Å²) >= 11 is 1.30. The van der Waals surface area contributed by atoms with Crippen molar-refractivity contribution in [1.29, 1.82) is 0 Å². The van der Waals surface area contributed by atoms with Gasteiger partial charge in [0.15, 0.2) is 0 Å². The van der Waals surface area contributed by atoms with E-state index in [1.54, 1.807) is 12.1 Å². The molecule has 1 unspecified atom stereocenters. The lowest BCUT2D eigenvalue weighted by atomic mass is 10.3. The Morgan fingerprint density at radius 3 is 2.41 bits per heavy atom. The summed E-state index contributed by atoms with van der Waals surface area (Å²) in [5, 5.41) is 20.3. The number of thioether (sulfide) groups is 1. The molecule has 0 spiro atoms. The smallest absolute Gasteiger partial charge is 0.327 e. The summed E-state index contributed by atoms with van der Waals surface area (Å²) in [6, 6.07) is 5.51. The molecular weight excluding hydrogens is 242 g/mol. The van der Waals surface area contributed by atoms with E-state index in [2.05, 4.69) is 5.32 Å². The number of amides is 1. The maximum atomic E-state index is 10.8. The molecule has 92 valence electrons. The Bertz CT molecular complexity index is 404. The van der Waals surface area contributed by atoms with Crippen LogP contribution in [0, 0.1) is 0 Å². The number of carboxylic acid groups (broad SMARTS) is 1. The Morgan fingerprint density at radius 1 is 1.35 bits per heavy atom. The lowest BCUT2D eigenvalue weighted by Gasteiger charge is -2.12. The first-order valence-electron chi connectivity index (χ1n) is 4.91. The fourth-order valence-electron chi connectivity index (χ4n) is 1.14. The number of carbonyl (C=O) groups excluding carboxylic acids is 1. The molecule has 1 aromatic rings. The highest BCUT2D eigenvalue weighted by atomic mass is 32.2. The molecule has 0 saturated heterocycles. The first kappa shape index (κ1) is 13.4. The Balaban J connectivity index is 2.54. The highest BCUT2D eigenvalue weighted by Crippen LogP contribution is 2.21. The van der Waals surface area contributed by atoms with E-state index in [9.17, 15) is 9.59 Å². The molecule has 1 aromatic carbocycles. The quantitative estimate of drug-likeness (QED) is 0.685. The third-order valence-corrected chi connectivity index (χ3v) is 3.03. The highest BCUT2D eigenvalue weighted by molar-refractivity contribution is 7.99. The maximum absolute atomic E-state index is 10.8. The number of nitrogens with one attached hydrogen (secondary N) is 1. The van der Waals surface area contributed by atoms with Gasteiger partial charge in [0.2, 0.25) is 5.91 Å². The van der Waals surface area contributed by atoms with Crippen LogP contribution in [0.4, 0.5) is 0 Å². The summed E-state index contributed by atoms with van der Waals surface area (Å²) < 4.78 is 0. The summed E-state index contributed by atoms with van der Waals surface area (Å²) in [4.78, 5) is 22.5. The number of aromatic hydroxyl groups is 1. The van der Waals surface area contributed by atoms with Gasteiger partial charge in [-0.25, -0.2) is 4.79 Å². The van der Waals surface area contributed by atoms with Crippen LogP contribution >= 0.6 is 11.8 Å². The Labute approximate surface area is 103 Å². The number of phenols is 1. The van der Waals surface area contributed by atoms with Crippen LogP contribution in [0.1, 0.15) is 6.92 Å². The van der Waals surface area contributed by atoms with Crippen LogP contribution in [-0.2, 0) is 9.59 Å². The Kier molecular flexibility index (Phi) is 4.84. The number of carbonyl (C=O) groups is 2. The SMILES string of the molecule is CC(=O)NC(CSc1ccc(O)cc1)C(=O)O. The second kappa shape index (κ2) is 6.15. The van der Waals surface area contributed by atoms with Gasteiger partial charge in [-0.15, -0.1) is 11.8 Å². The van der Waals surface area contributed by atoms with Crippen LogP contribution in [0.3, 0.4) is 0 Å². The molecule has 0 fully saturated rings. The van der Waals surface area contributed by atoms with Gasteiger partial charge in [-0.05, 0) is 24.3 Å². The van der Waals surface area contributed by atoms with E-state index in [1.807, 2.05) is 0 Å². The molecule has 0 aromatic heterocycles. The number of hydrogen-bond donors (Lipinski definition) is 3. The summed E-state index contributed by atoms with van der Waals surface area (Å²) in [6.07, 6.45) is 0. The van der Waals surface area contributed by atoms with Crippen molar-refractivity contribution in [2.75, 3.05) is 5.75 Å². The second-order valence-corrected chi connectivity index (χ2v) is 4.49. The summed E-state index contributed by atoms with van der Waals surface area (Å²) in [5.41, 5.74) is 0. The van der Waals surface area contributed by atoms with E-state index < -0.39 is 12.0 Å². The average molecular weight is 255 g/mol. The minimum Gasteiger partial charge on any atom is -0.508 e. The van der Waals surface area contributed by atoms with Crippen LogP contribution in [0.15, 0.2) is 29.2 Å². The summed E-state index contributed by atoms with van der Waals surface area (Å²) in [6.45, 7) is 1.28. The molecule has 0 radical (unpaired) electrons. The average Bonchev–Trinajstić information content (AvgIpc) is 2.25. The fraction of sp³-hybridized carbons (Fsp3) is 0.273. The van der Waals surface area contributed by atoms with Gasteiger partial charge in [-0.1, -0.05) is 0 Å². The van der Waals surface area contributed by atoms with Gasteiger partial charge >= 0.3 is 5.97 Å². The molecule has 0 saturated carbocycles. The molecule has 6 heteroatoms. The second-order valence-electron chi connectivity index (χ2n) is 3.40. The first-order chi connectivity index (χ1) is 7.99. The van der Waals surface area contributed by atoms with Crippen molar-refractivity contribution < 1.29 is 19.8 Å². The summed E-state index contributed by atoms with van der Waals surface area (Å²) in [5.74, 6) is -1.04. The molecule has 0 aliphatic rings. The Morgan fingerprint density at radius 2 is 1.94 bits per heavy atom. The predicted molar refractivity (Wildman–Crippen MR) is 64.1 cm³/mol. The van der Waals surface area contributed by atoms with E-state index in [0.717, 1.165) is 4.90 Å². The van der Waals surface area contributed by atoms with Crippen molar-refractivity contribution >= 4 is 23.6 Å². The molecule has 3 N–H and O–H groups in total. The van der Waals surface area contributed by atoms with Crippen molar-refractivity contribution in [1.82, 2.24) is 5.32 Å². The molecule has 0 heterocycles. The lowest BCUT2D eigenvalue weighted by molar-refractivity contribution is -0.140. The van der Waals surface area contributed by atoms with E-state index in [0.29, 0.717) is 0 Å². The van der Waals surface area contributed by atoms with Crippen molar-refractivity contribution in [3.05, 3.63) is 24.3 Å². The maximum Gasteiger partial charge on any atom is 0.327 e. The van der Waals surface area contributed by atoms with Crippen LogP contribution < -0.4 is 5.32 Å². The van der Waals surface area contributed by atoms with Gasteiger partial charge < -0.3 is 15.5 Å². The van der Waals surface area contributed by atoms with Crippen LogP contribution in [0.5, 0.6) is 5.75 Å². The first-order valence-corrected chi connectivity index (χ1v) is 5.89. The van der Waals surface area contributed by atoms with E-state index >= 15 is 0 Å². The van der Waals surface area contributed by atoms with E-state index in [-0.39, 0.29) is 17.4 Å². The predicted octanol–water partition coefficient (Wildman–Crippen LogP) is 1.07. The number of rotatable bonds is 5. The van der Waals surface area contributed by atoms with Crippen molar-refractivity contribution in [2.24, 2.45) is 0 Å². The molecule has 1 rings (SSSR count). The number of carboxylic acids is 1. The highest BCUT2D eigenvalue weighted by Gasteiger charge is 2.18. The van der Waals surface area contributed by atoms with Crippen molar-refractivity contribution in [2.45, 2.75) is 17.9 Å². The van der Waals surface area contributed by atoms with Crippen LogP contribution in [0.2, 0.25) is 0 Å². The molecule has 1 atom stereocenters. The number of phenolic OH excluding ortho intramolecular Hbond substituents is 1. The number of hydrogen-bond acceptors (Lipinski definition) is 4. The summed E-state index contributed by atoms with van der Waals surface area (Å²) in [7, 11) is 0. The molecule has 1 amide bonds. The zero-order chi connectivity index (χ0) is 12.8. The molecular formula is C11H13NO4S. The van der Waals surface area contributed by atoms with Gasteiger partial charge in [0, 0.05) is 17.6 Å². The fourth-order valence-corrected chi connectivity index (χ4v) is 2.06. The molecule has 0 aliphatic heterocycles. The third kappa shape index (κ3) is 4.78. The Hall–Kier alpha value is -1.69. The van der Waals surface area contributed by atoms with Crippen LogP contribution in [0.25, 0.3) is 0 Å². The molecule has 17 heavy (non-hydrogen) atoms. The van der Waals surface area contributed by atoms with Crippen LogP contribution in [-0.4, -0.2) is 33.9 Å². The number of aliphatic carboxylic acids is 1. The van der Waals surface area contributed by atoms with E-state index in [4.69, 9.17) is 10.2 Å². The van der Waals surface area contributed by atoms with Gasteiger partial charge in [-0.2, -0.15) is 0 Å². The largest absolute Gasteiger partial charge is 0.508 e. The van der Waals surface area contributed by atoms with Gasteiger partial charge in [0.25, 0.3) is 0 Å². The minimum absolute atomic E-state index is 0.158. The van der Waals surface area contributed by atoms with Gasteiger partial charge in [-0.3, -0.25) is 4.79 Å². The zero-order valence-corrected chi connectivity index (χ0v) is 10.0. The van der Waals surface area contributed by atoms with Crippen molar-refractivity contribution in [3.8, 4) is 5.75 Å². The van der Waals surface area contributed by atoms with Gasteiger partial charge in [0.05, 0.1) is 0 Å². The van der Waals surface area contributed by atoms with E-state index in [1.165, 1.54) is 30.8 Å². The molecule has 5 nitrogen and oxygen atoms in total. The topological polar surface area (TPSA) is 86.6 Å². The van der Waals surface area contributed by atoms with Gasteiger partial charge in [0.1, 0.15) is 11.8 Å².